The Morgan fingerprint density at radius 1 is 1.11 bits per heavy atom. The van der Waals surface area contributed by atoms with Gasteiger partial charge in [0.05, 0.1) is 0 Å². The lowest BCUT2D eigenvalue weighted by Gasteiger charge is -2.22. The summed E-state index contributed by atoms with van der Waals surface area (Å²) in [6, 6.07) is 16.7. The summed E-state index contributed by atoms with van der Waals surface area (Å²) in [5.74, 6) is -0.655. The van der Waals surface area contributed by atoms with Gasteiger partial charge in [0.1, 0.15) is 12.1 Å². The molecule has 0 saturated carbocycles. The van der Waals surface area contributed by atoms with Crippen molar-refractivity contribution >= 4 is 17.8 Å². The molecule has 4 amide bonds. The van der Waals surface area contributed by atoms with Gasteiger partial charge in [0.15, 0.2) is 0 Å². The van der Waals surface area contributed by atoms with E-state index in [0.29, 0.717) is 12.1 Å². The second-order valence-electron chi connectivity index (χ2n) is 7.43. The second kappa shape index (κ2) is 7.84. The van der Waals surface area contributed by atoms with E-state index in [9.17, 15) is 14.4 Å². The number of nitrogens with one attached hydrogen (secondary N) is 2. The van der Waals surface area contributed by atoms with Gasteiger partial charge in [-0.1, -0.05) is 67.1 Å². The smallest absolute Gasteiger partial charge is 0.325 e. The van der Waals surface area contributed by atoms with E-state index in [0.717, 1.165) is 16.0 Å². The predicted octanol–water partition coefficient (Wildman–Crippen LogP) is 2.68. The lowest BCUT2D eigenvalue weighted by atomic mass is 9.91. The summed E-state index contributed by atoms with van der Waals surface area (Å²) in [6.07, 6.45) is 0. The Balaban J connectivity index is 1.62. The molecule has 1 aliphatic rings. The fraction of sp³-hybridized carbons (Fsp3) is 0.318. The zero-order valence-corrected chi connectivity index (χ0v) is 16.4. The van der Waals surface area contributed by atoms with E-state index in [2.05, 4.69) is 10.6 Å². The van der Waals surface area contributed by atoms with Crippen molar-refractivity contribution in [1.82, 2.24) is 15.5 Å². The molecule has 1 aliphatic heterocycles. The maximum Gasteiger partial charge on any atom is 0.325 e. The molecule has 0 unspecified atom stereocenters. The van der Waals surface area contributed by atoms with Crippen LogP contribution in [0.3, 0.4) is 0 Å². The maximum absolute atomic E-state index is 12.9. The van der Waals surface area contributed by atoms with E-state index in [1.807, 2.05) is 68.4 Å². The van der Waals surface area contributed by atoms with E-state index in [4.69, 9.17) is 0 Å². The number of hydrogen-bond donors (Lipinski definition) is 2. The molecule has 0 aliphatic carbocycles. The Morgan fingerprint density at radius 3 is 2.39 bits per heavy atom. The molecule has 0 spiro atoms. The van der Waals surface area contributed by atoms with Crippen LogP contribution in [-0.2, 0) is 15.1 Å². The van der Waals surface area contributed by atoms with Crippen molar-refractivity contribution in [2.75, 3.05) is 13.1 Å². The molecular formula is C22H25N3O3. The first-order valence-electron chi connectivity index (χ1n) is 9.34. The highest BCUT2D eigenvalue weighted by Gasteiger charge is 2.49. The van der Waals surface area contributed by atoms with Gasteiger partial charge in [-0.05, 0) is 30.9 Å². The van der Waals surface area contributed by atoms with Gasteiger partial charge >= 0.3 is 6.03 Å². The molecule has 6 nitrogen and oxygen atoms in total. The van der Waals surface area contributed by atoms with Crippen LogP contribution in [-0.4, -0.2) is 35.8 Å². The maximum atomic E-state index is 12.9. The van der Waals surface area contributed by atoms with Crippen LogP contribution in [0.4, 0.5) is 4.79 Å². The molecular weight excluding hydrogens is 354 g/mol. The SMILES string of the molecule is Cc1ccc([C@@]2(C)NC(=O)N(CC(=O)NC[C@@H](C)c3ccccc3)C2=O)cc1. The molecule has 3 rings (SSSR count). The van der Waals surface area contributed by atoms with Crippen molar-refractivity contribution in [2.24, 2.45) is 0 Å². The molecule has 0 radical (unpaired) electrons. The summed E-state index contributed by atoms with van der Waals surface area (Å²) in [5, 5.41) is 5.53. The number of nitrogens with zero attached hydrogens (tertiary/aromatic N) is 1. The number of hydrogen-bond acceptors (Lipinski definition) is 3. The molecule has 6 heteroatoms. The van der Waals surface area contributed by atoms with Crippen LogP contribution in [0.5, 0.6) is 0 Å². The van der Waals surface area contributed by atoms with Gasteiger partial charge < -0.3 is 10.6 Å². The van der Waals surface area contributed by atoms with Crippen LogP contribution in [0.1, 0.15) is 36.5 Å². The van der Waals surface area contributed by atoms with E-state index < -0.39 is 17.5 Å². The van der Waals surface area contributed by atoms with Crippen molar-refractivity contribution in [2.45, 2.75) is 32.2 Å². The largest absolute Gasteiger partial charge is 0.354 e. The monoisotopic (exact) mass is 379 g/mol. The summed E-state index contributed by atoms with van der Waals surface area (Å²) in [5.41, 5.74) is 1.71. The number of amides is 4. The van der Waals surface area contributed by atoms with Crippen LogP contribution in [0.25, 0.3) is 0 Å². The van der Waals surface area contributed by atoms with Crippen molar-refractivity contribution in [3.05, 3.63) is 71.3 Å². The molecule has 146 valence electrons. The molecule has 2 N–H and O–H groups in total. The lowest BCUT2D eigenvalue weighted by molar-refractivity contribution is -0.134. The molecule has 2 atom stereocenters. The highest BCUT2D eigenvalue weighted by atomic mass is 16.2. The summed E-state index contributed by atoms with van der Waals surface area (Å²) in [7, 11) is 0. The minimum atomic E-state index is -1.16. The van der Waals surface area contributed by atoms with Crippen molar-refractivity contribution < 1.29 is 14.4 Å². The minimum Gasteiger partial charge on any atom is -0.354 e. The second-order valence-corrected chi connectivity index (χ2v) is 7.43. The fourth-order valence-corrected chi connectivity index (χ4v) is 3.29. The number of carbonyl (C=O) groups is 3. The quantitative estimate of drug-likeness (QED) is 0.758. The van der Waals surface area contributed by atoms with Crippen LogP contribution in [0.2, 0.25) is 0 Å². The lowest BCUT2D eigenvalue weighted by Crippen LogP contribution is -2.43. The summed E-state index contributed by atoms with van der Waals surface area (Å²) in [6.45, 7) is 5.76. The van der Waals surface area contributed by atoms with Crippen LogP contribution in [0.15, 0.2) is 54.6 Å². The van der Waals surface area contributed by atoms with Gasteiger partial charge in [-0.25, -0.2) is 4.79 Å². The number of aryl methyl sites for hydroxylation is 1. The third-order valence-corrected chi connectivity index (χ3v) is 5.18. The zero-order chi connectivity index (χ0) is 20.3. The van der Waals surface area contributed by atoms with Gasteiger partial charge in [0.2, 0.25) is 5.91 Å². The predicted molar refractivity (Wildman–Crippen MR) is 107 cm³/mol. The third kappa shape index (κ3) is 3.91. The molecule has 1 saturated heterocycles. The van der Waals surface area contributed by atoms with E-state index in [-0.39, 0.29) is 18.4 Å². The Morgan fingerprint density at radius 2 is 1.75 bits per heavy atom. The van der Waals surface area contributed by atoms with Gasteiger partial charge in [0.25, 0.3) is 5.91 Å². The Kier molecular flexibility index (Phi) is 5.49. The highest BCUT2D eigenvalue weighted by molar-refractivity contribution is 6.09. The highest BCUT2D eigenvalue weighted by Crippen LogP contribution is 2.28. The van der Waals surface area contributed by atoms with Crippen molar-refractivity contribution in [1.29, 1.82) is 0 Å². The van der Waals surface area contributed by atoms with Gasteiger partial charge in [-0.3, -0.25) is 14.5 Å². The topological polar surface area (TPSA) is 78.5 Å². The van der Waals surface area contributed by atoms with Crippen LogP contribution >= 0.6 is 0 Å². The molecule has 0 aromatic heterocycles. The molecule has 1 fully saturated rings. The molecule has 28 heavy (non-hydrogen) atoms. The summed E-state index contributed by atoms with van der Waals surface area (Å²) in [4.78, 5) is 38.5. The minimum absolute atomic E-state index is 0.131. The molecule has 0 bridgehead atoms. The van der Waals surface area contributed by atoms with Crippen LogP contribution < -0.4 is 10.6 Å². The number of carbonyl (C=O) groups excluding carboxylic acids is 3. The third-order valence-electron chi connectivity index (χ3n) is 5.18. The normalized spacial score (nSPS) is 20.0. The van der Waals surface area contributed by atoms with Gasteiger partial charge in [-0.15, -0.1) is 0 Å². The Hall–Kier alpha value is -3.15. The summed E-state index contributed by atoms with van der Waals surface area (Å²) < 4.78 is 0. The first kappa shape index (κ1) is 19.6. The Labute approximate surface area is 164 Å². The fourth-order valence-electron chi connectivity index (χ4n) is 3.29. The molecule has 1 heterocycles. The standard InChI is InChI=1S/C22H25N3O3/c1-15-9-11-18(12-10-15)22(3)20(27)25(21(28)24-22)14-19(26)23-13-16(2)17-7-5-4-6-8-17/h4-12,16H,13-14H2,1-3H3,(H,23,26)(H,24,28)/t16-,22-/m1/s1. The average molecular weight is 379 g/mol. The molecule has 2 aromatic rings. The van der Waals surface area contributed by atoms with Gasteiger partial charge in [-0.2, -0.15) is 0 Å². The van der Waals surface area contributed by atoms with Crippen LogP contribution in [0, 0.1) is 6.92 Å². The summed E-state index contributed by atoms with van der Waals surface area (Å²) >= 11 is 0. The first-order chi connectivity index (χ1) is 13.3. The Bertz CT molecular complexity index is 880. The number of benzene rings is 2. The van der Waals surface area contributed by atoms with Crippen molar-refractivity contribution in [3.63, 3.8) is 0 Å². The van der Waals surface area contributed by atoms with Gasteiger partial charge in [0, 0.05) is 6.54 Å². The number of urea groups is 1. The number of rotatable bonds is 6. The van der Waals surface area contributed by atoms with E-state index in [1.165, 1.54) is 0 Å². The average Bonchev–Trinajstić information content (AvgIpc) is 2.91. The molecule has 2 aromatic carbocycles. The van der Waals surface area contributed by atoms with Crippen molar-refractivity contribution in [3.8, 4) is 0 Å². The first-order valence-corrected chi connectivity index (χ1v) is 9.34. The zero-order valence-electron chi connectivity index (χ0n) is 16.4. The van der Waals surface area contributed by atoms with E-state index in [1.54, 1.807) is 6.92 Å². The number of imide groups is 1. The van der Waals surface area contributed by atoms with E-state index >= 15 is 0 Å².